The average Bonchev–Trinajstić information content (AvgIpc) is 2.77. The molecule has 0 saturated heterocycles. The molecule has 1 atom stereocenters. The summed E-state index contributed by atoms with van der Waals surface area (Å²) in [4.78, 5) is 4.63. The first kappa shape index (κ1) is 15.2. The highest BCUT2D eigenvalue weighted by molar-refractivity contribution is 8.14. The molecule has 0 aromatic rings. The fraction of sp³-hybridized carbons (Fsp3) is 0.923. The summed E-state index contributed by atoms with van der Waals surface area (Å²) in [5.74, 6) is 0.816. The molecule has 0 radical (unpaired) electrons. The molecule has 1 heterocycles. The lowest BCUT2D eigenvalue weighted by Crippen LogP contribution is -2.34. The summed E-state index contributed by atoms with van der Waals surface area (Å²) in [6.45, 7) is 11.1. The van der Waals surface area contributed by atoms with Crippen LogP contribution in [0.1, 0.15) is 40.5 Å². The van der Waals surface area contributed by atoms with Gasteiger partial charge in [-0.05, 0) is 26.0 Å². The fourth-order valence-corrected chi connectivity index (χ4v) is 3.44. The first-order valence-corrected chi connectivity index (χ1v) is 8.63. The Labute approximate surface area is 115 Å². The Morgan fingerprint density at radius 2 is 2.12 bits per heavy atom. The van der Waals surface area contributed by atoms with Crippen LogP contribution in [0, 0.1) is 5.92 Å². The Hall–Kier alpha value is 0.170. The molecule has 2 nitrogen and oxygen atoms in total. The van der Waals surface area contributed by atoms with Gasteiger partial charge in [0.05, 0.1) is 6.54 Å². The topological polar surface area (TPSA) is 24.4 Å². The SMILES string of the molecule is CCC(CC)C1CN=C(NCC(C)(C)SC)S1. The van der Waals surface area contributed by atoms with Crippen molar-refractivity contribution < 1.29 is 0 Å². The van der Waals surface area contributed by atoms with Crippen molar-refractivity contribution in [2.45, 2.75) is 50.5 Å². The number of amidine groups is 1. The molecule has 1 N–H and O–H groups in total. The van der Waals surface area contributed by atoms with E-state index < -0.39 is 0 Å². The predicted molar refractivity (Wildman–Crippen MR) is 83.3 cm³/mol. The van der Waals surface area contributed by atoms with Crippen LogP contribution in [0.5, 0.6) is 0 Å². The van der Waals surface area contributed by atoms with Gasteiger partial charge in [0, 0.05) is 16.5 Å². The first-order chi connectivity index (χ1) is 8.02. The fourth-order valence-electron chi connectivity index (χ4n) is 1.91. The summed E-state index contributed by atoms with van der Waals surface area (Å²) in [7, 11) is 0. The lowest BCUT2D eigenvalue weighted by atomic mass is 9.99. The molecule has 4 heteroatoms. The molecule has 17 heavy (non-hydrogen) atoms. The van der Waals surface area contributed by atoms with Gasteiger partial charge in [-0.3, -0.25) is 4.99 Å². The van der Waals surface area contributed by atoms with Crippen molar-refractivity contribution in [3.63, 3.8) is 0 Å². The quantitative estimate of drug-likeness (QED) is 0.800. The molecule has 0 aromatic carbocycles. The van der Waals surface area contributed by atoms with Crippen LogP contribution in [0.4, 0.5) is 0 Å². The molecule has 0 bridgehead atoms. The lowest BCUT2D eigenvalue weighted by Gasteiger charge is -2.23. The maximum Gasteiger partial charge on any atom is 0.156 e. The van der Waals surface area contributed by atoms with Gasteiger partial charge in [-0.25, -0.2) is 0 Å². The zero-order chi connectivity index (χ0) is 12.9. The van der Waals surface area contributed by atoms with E-state index in [4.69, 9.17) is 0 Å². The molecule has 0 aliphatic carbocycles. The van der Waals surface area contributed by atoms with Gasteiger partial charge in [0.15, 0.2) is 5.17 Å². The van der Waals surface area contributed by atoms with Crippen molar-refractivity contribution in [3.8, 4) is 0 Å². The van der Waals surface area contributed by atoms with Crippen LogP contribution >= 0.6 is 23.5 Å². The molecule has 0 amide bonds. The second kappa shape index (κ2) is 6.93. The van der Waals surface area contributed by atoms with Crippen molar-refractivity contribution in [1.82, 2.24) is 5.32 Å². The summed E-state index contributed by atoms with van der Waals surface area (Å²) >= 11 is 3.85. The Kier molecular flexibility index (Phi) is 6.21. The van der Waals surface area contributed by atoms with Gasteiger partial charge in [0.1, 0.15) is 0 Å². The van der Waals surface area contributed by atoms with E-state index in [9.17, 15) is 0 Å². The van der Waals surface area contributed by atoms with E-state index in [2.05, 4.69) is 44.3 Å². The highest BCUT2D eigenvalue weighted by Gasteiger charge is 2.26. The van der Waals surface area contributed by atoms with Crippen LogP contribution < -0.4 is 5.32 Å². The van der Waals surface area contributed by atoms with Crippen LogP contribution in [0.3, 0.4) is 0 Å². The number of aliphatic imine (C=N–C) groups is 1. The van der Waals surface area contributed by atoms with E-state index in [0.717, 1.165) is 24.2 Å². The third-order valence-electron chi connectivity index (χ3n) is 3.47. The van der Waals surface area contributed by atoms with Crippen molar-refractivity contribution >= 4 is 28.7 Å². The molecule has 100 valence electrons. The number of rotatable bonds is 6. The minimum atomic E-state index is 0.288. The summed E-state index contributed by atoms with van der Waals surface area (Å²) in [5, 5.41) is 5.35. The van der Waals surface area contributed by atoms with Crippen molar-refractivity contribution in [3.05, 3.63) is 0 Å². The highest BCUT2D eigenvalue weighted by Crippen LogP contribution is 2.30. The van der Waals surface area contributed by atoms with Crippen molar-refractivity contribution in [2.24, 2.45) is 10.9 Å². The van der Waals surface area contributed by atoms with Crippen LogP contribution in [0.25, 0.3) is 0 Å². The molecule has 1 unspecified atom stereocenters. The maximum absolute atomic E-state index is 4.63. The number of nitrogens with zero attached hydrogens (tertiary/aromatic N) is 1. The van der Waals surface area contributed by atoms with Crippen molar-refractivity contribution in [2.75, 3.05) is 19.3 Å². The Morgan fingerprint density at radius 1 is 1.47 bits per heavy atom. The Balaban J connectivity index is 2.35. The van der Waals surface area contributed by atoms with Gasteiger partial charge in [-0.1, -0.05) is 38.5 Å². The van der Waals surface area contributed by atoms with Gasteiger partial charge >= 0.3 is 0 Å². The monoisotopic (exact) mass is 274 g/mol. The van der Waals surface area contributed by atoms with E-state index in [1.807, 2.05) is 23.5 Å². The van der Waals surface area contributed by atoms with Crippen molar-refractivity contribution in [1.29, 1.82) is 0 Å². The zero-order valence-electron chi connectivity index (χ0n) is 11.7. The van der Waals surface area contributed by atoms with Gasteiger partial charge < -0.3 is 5.32 Å². The standard InChI is InChI=1S/C13H26N2S2/c1-6-10(7-2)11-8-14-12(17-11)15-9-13(3,4)16-5/h10-11H,6-9H2,1-5H3,(H,14,15). The third-order valence-corrected chi connectivity index (χ3v) is 6.05. The lowest BCUT2D eigenvalue weighted by molar-refractivity contribution is 0.479. The summed E-state index contributed by atoms with van der Waals surface area (Å²) in [6.07, 6.45) is 4.71. The second-order valence-electron chi connectivity index (χ2n) is 5.20. The largest absolute Gasteiger partial charge is 0.364 e. The molecule has 0 fully saturated rings. The molecule has 0 spiro atoms. The molecule has 1 aliphatic heterocycles. The second-order valence-corrected chi connectivity index (χ2v) is 7.94. The summed E-state index contributed by atoms with van der Waals surface area (Å²) in [5.41, 5.74) is 0. The van der Waals surface area contributed by atoms with E-state index >= 15 is 0 Å². The summed E-state index contributed by atoms with van der Waals surface area (Å²) in [6, 6.07) is 0. The maximum atomic E-state index is 4.63. The van der Waals surface area contributed by atoms with Gasteiger partial charge in [-0.15, -0.1) is 0 Å². The molecular formula is C13H26N2S2. The molecule has 0 saturated carbocycles. The molecule has 1 aliphatic rings. The Morgan fingerprint density at radius 3 is 2.65 bits per heavy atom. The number of nitrogens with one attached hydrogen (secondary N) is 1. The highest BCUT2D eigenvalue weighted by atomic mass is 32.2. The van der Waals surface area contributed by atoms with Crippen LogP contribution in [-0.2, 0) is 0 Å². The van der Waals surface area contributed by atoms with E-state index in [1.54, 1.807) is 0 Å². The Bertz CT molecular complexity index is 260. The van der Waals surface area contributed by atoms with Gasteiger partial charge in [0.2, 0.25) is 0 Å². The number of hydrogen-bond donors (Lipinski definition) is 1. The average molecular weight is 274 g/mol. The van der Waals surface area contributed by atoms with E-state index in [-0.39, 0.29) is 4.75 Å². The number of thioether (sulfide) groups is 2. The predicted octanol–water partition coefficient (Wildman–Crippen LogP) is 3.63. The van der Waals surface area contributed by atoms with Crippen LogP contribution in [-0.4, -0.2) is 34.5 Å². The first-order valence-electron chi connectivity index (χ1n) is 6.52. The zero-order valence-corrected chi connectivity index (χ0v) is 13.4. The normalized spacial score (nSPS) is 20.8. The molecule has 0 aromatic heterocycles. The third kappa shape index (κ3) is 4.74. The van der Waals surface area contributed by atoms with E-state index in [1.165, 1.54) is 12.8 Å². The number of hydrogen-bond acceptors (Lipinski definition) is 4. The van der Waals surface area contributed by atoms with Crippen LogP contribution in [0.2, 0.25) is 0 Å². The minimum Gasteiger partial charge on any atom is -0.364 e. The van der Waals surface area contributed by atoms with Gasteiger partial charge in [0.25, 0.3) is 0 Å². The van der Waals surface area contributed by atoms with Crippen LogP contribution in [0.15, 0.2) is 4.99 Å². The molecular weight excluding hydrogens is 248 g/mol. The molecule has 1 rings (SSSR count). The summed E-state index contributed by atoms with van der Waals surface area (Å²) < 4.78 is 0.288. The minimum absolute atomic E-state index is 0.288. The van der Waals surface area contributed by atoms with E-state index in [0.29, 0.717) is 5.25 Å². The van der Waals surface area contributed by atoms with Gasteiger partial charge in [-0.2, -0.15) is 11.8 Å². The smallest absolute Gasteiger partial charge is 0.156 e.